The summed E-state index contributed by atoms with van der Waals surface area (Å²) in [6, 6.07) is 4.33. The minimum atomic E-state index is -0.966. The SMILES string of the molecule is Cc1cc(NC(=O)N2CSC[C@H]2C(=O)O)ccc1Br. The number of hydrogen-bond donors (Lipinski definition) is 2. The molecule has 1 aliphatic heterocycles. The standard InChI is InChI=1S/C12H13BrN2O3S/c1-7-4-8(2-3-9(7)13)14-12(18)15-6-19-5-10(15)11(16)17/h2-4,10H,5-6H2,1H3,(H,14,18)(H,16,17)/t10-/m0/s1. The average molecular weight is 345 g/mol. The average Bonchev–Trinajstić information content (AvgIpc) is 2.83. The van der Waals surface area contributed by atoms with E-state index in [-0.39, 0.29) is 6.03 Å². The zero-order valence-electron chi connectivity index (χ0n) is 10.2. The van der Waals surface area contributed by atoms with Gasteiger partial charge in [-0.15, -0.1) is 11.8 Å². The Morgan fingerprint density at radius 3 is 2.89 bits per heavy atom. The summed E-state index contributed by atoms with van der Waals surface area (Å²) in [4.78, 5) is 24.4. The largest absolute Gasteiger partial charge is 0.480 e. The first-order chi connectivity index (χ1) is 8.99. The number of carbonyl (C=O) groups excluding carboxylic acids is 1. The molecule has 1 aromatic carbocycles. The van der Waals surface area contributed by atoms with Crippen molar-refractivity contribution in [2.24, 2.45) is 0 Å². The summed E-state index contributed by atoms with van der Waals surface area (Å²) >= 11 is 4.83. The molecule has 1 fully saturated rings. The Hall–Kier alpha value is -1.21. The van der Waals surface area contributed by atoms with Crippen LogP contribution in [-0.4, -0.2) is 39.7 Å². The van der Waals surface area contributed by atoms with E-state index >= 15 is 0 Å². The number of carboxylic acids is 1. The molecule has 0 radical (unpaired) electrons. The molecule has 102 valence electrons. The molecule has 0 unspecified atom stereocenters. The summed E-state index contributed by atoms with van der Waals surface area (Å²) in [5, 5.41) is 11.8. The van der Waals surface area contributed by atoms with E-state index in [4.69, 9.17) is 5.11 Å². The summed E-state index contributed by atoms with van der Waals surface area (Å²) in [6.45, 7) is 1.92. The molecule has 7 heteroatoms. The van der Waals surface area contributed by atoms with Gasteiger partial charge in [-0.3, -0.25) is 0 Å². The number of rotatable bonds is 2. The Bertz CT molecular complexity index is 524. The first-order valence-corrected chi connectivity index (χ1v) is 7.58. The molecule has 0 bridgehead atoms. The van der Waals surface area contributed by atoms with Gasteiger partial charge in [-0.05, 0) is 30.7 Å². The number of aliphatic carboxylic acids is 1. The van der Waals surface area contributed by atoms with Crippen LogP contribution in [0.25, 0.3) is 0 Å². The minimum Gasteiger partial charge on any atom is -0.480 e. The van der Waals surface area contributed by atoms with Crippen molar-refractivity contribution in [2.45, 2.75) is 13.0 Å². The summed E-state index contributed by atoms with van der Waals surface area (Å²) in [6.07, 6.45) is 0. The zero-order valence-corrected chi connectivity index (χ0v) is 12.6. The number of benzene rings is 1. The van der Waals surface area contributed by atoms with Crippen molar-refractivity contribution < 1.29 is 14.7 Å². The highest BCUT2D eigenvalue weighted by Crippen LogP contribution is 2.24. The smallest absolute Gasteiger partial charge is 0.327 e. The molecule has 2 rings (SSSR count). The van der Waals surface area contributed by atoms with E-state index in [9.17, 15) is 9.59 Å². The van der Waals surface area contributed by atoms with Crippen LogP contribution in [-0.2, 0) is 4.79 Å². The van der Waals surface area contributed by atoms with Crippen LogP contribution < -0.4 is 5.32 Å². The number of carbonyl (C=O) groups is 2. The second-order valence-corrected chi connectivity index (χ2v) is 6.07. The quantitative estimate of drug-likeness (QED) is 0.865. The fraction of sp³-hybridized carbons (Fsp3) is 0.333. The number of hydrogen-bond acceptors (Lipinski definition) is 3. The van der Waals surface area contributed by atoms with Gasteiger partial charge in [-0.25, -0.2) is 9.59 Å². The van der Waals surface area contributed by atoms with Gasteiger partial charge >= 0.3 is 12.0 Å². The van der Waals surface area contributed by atoms with Crippen molar-refractivity contribution in [3.8, 4) is 0 Å². The normalized spacial score (nSPS) is 18.4. The monoisotopic (exact) mass is 344 g/mol. The van der Waals surface area contributed by atoms with Gasteiger partial charge in [0.05, 0.1) is 5.88 Å². The van der Waals surface area contributed by atoms with Crippen LogP contribution in [0, 0.1) is 6.92 Å². The fourth-order valence-corrected chi connectivity index (χ4v) is 3.16. The Balaban J connectivity index is 2.08. The number of halogens is 1. The molecule has 1 saturated heterocycles. The highest BCUT2D eigenvalue weighted by molar-refractivity contribution is 9.10. The van der Waals surface area contributed by atoms with Crippen molar-refractivity contribution in [3.63, 3.8) is 0 Å². The van der Waals surface area contributed by atoms with Crippen molar-refractivity contribution in [2.75, 3.05) is 16.9 Å². The molecule has 0 spiro atoms. The van der Waals surface area contributed by atoms with Gasteiger partial charge in [-0.1, -0.05) is 15.9 Å². The third kappa shape index (κ3) is 3.22. The van der Waals surface area contributed by atoms with Crippen LogP contribution in [0.15, 0.2) is 22.7 Å². The van der Waals surface area contributed by atoms with Crippen molar-refractivity contribution in [3.05, 3.63) is 28.2 Å². The van der Waals surface area contributed by atoms with E-state index in [1.807, 2.05) is 19.1 Å². The number of aryl methyl sites for hydroxylation is 1. The van der Waals surface area contributed by atoms with Gasteiger partial charge < -0.3 is 15.3 Å². The highest BCUT2D eigenvalue weighted by Gasteiger charge is 2.34. The molecule has 2 amide bonds. The molecule has 1 atom stereocenters. The van der Waals surface area contributed by atoms with E-state index in [0.29, 0.717) is 17.3 Å². The van der Waals surface area contributed by atoms with E-state index < -0.39 is 12.0 Å². The molecule has 1 aliphatic rings. The number of nitrogens with one attached hydrogen (secondary N) is 1. The Morgan fingerprint density at radius 1 is 1.53 bits per heavy atom. The zero-order chi connectivity index (χ0) is 14.0. The molecule has 0 saturated carbocycles. The van der Waals surface area contributed by atoms with Gasteiger partial charge in [0.2, 0.25) is 0 Å². The molecular formula is C12H13BrN2O3S. The number of amides is 2. The lowest BCUT2D eigenvalue weighted by atomic mass is 10.2. The predicted molar refractivity (Wildman–Crippen MR) is 78.5 cm³/mol. The van der Waals surface area contributed by atoms with Crippen LogP contribution in [0.2, 0.25) is 0 Å². The lowest BCUT2D eigenvalue weighted by Crippen LogP contribution is -2.43. The third-order valence-electron chi connectivity index (χ3n) is 2.84. The maximum Gasteiger partial charge on any atom is 0.327 e. The van der Waals surface area contributed by atoms with Crippen LogP contribution in [0.5, 0.6) is 0 Å². The number of urea groups is 1. The van der Waals surface area contributed by atoms with Crippen LogP contribution in [0.3, 0.4) is 0 Å². The van der Waals surface area contributed by atoms with Gasteiger partial charge in [0, 0.05) is 15.9 Å². The molecule has 0 aromatic heterocycles. The fourth-order valence-electron chi connectivity index (χ4n) is 1.77. The van der Waals surface area contributed by atoms with E-state index in [1.54, 1.807) is 6.07 Å². The van der Waals surface area contributed by atoms with Crippen molar-refractivity contribution in [1.29, 1.82) is 0 Å². The number of carboxylic acid groups (broad SMARTS) is 1. The summed E-state index contributed by atoms with van der Waals surface area (Å²) in [5.74, 6) is -0.132. The molecule has 5 nitrogen and oxygen atoms in total. The first kappa shape index (κ1) is 14.2. The van der Waals surface area contributed by atoms with Crippen molar-refractivity contribution in [1.82, 2.24) is 4.90 Å². The van der Waals surface area contributed by atoms with Gasteiger partial charge in [0.15, 0.2) is 0 Å². The Kier molecular flexibility index (Phi) is 4.36. The van der Waals surface area contributed by atoms with Gasteiger partial charge in [0.25, 0.3) is 0 Å². The summed E-state index contributed by atoms with van der Waals surface area (Å²) in [5.41, 5.74) is 1.66. The Morgan fingerprint density at radius 2 is 2.26 bits per heavy atom. The second kappa shape index (κ2) is 5.83. The maximum absolute atomic E-state index is 12.1. The molecule has 19 heavy (non-hydrogen) atoms. The highest BCUT2D eigenvalue weighted by atomic mass is 79.9. The lowest BCUT2D eigenvalue weighted by Gasteiger charge is -2.21. The number of thioether (sulfide) groups is 1. The lowest BCUT2D eigenvalue weighted by molar-refractivity contribution is -0.140. The second-order valence-electron chi connectivity index (χ2n) is 4.22. The van der Waals surface area contributed by atoms with Gasteiger partial charge in [-0.2, -0.15) is 0 Å². The topological polar surface area (TPSA) is 69.6 Å². The number of anilines is 1. The molecule has 1 heterocycles. The van der Waals surface area contributed by atoms with Crippen molar-refractivity contribution >= 4 is 45.4 Å². The molecular weight excluding hydrogens is 332 g/mol. The molecule has 2 N–H and O–H groups in total. The van der Waals surface area contributed by atoms with E-state index in [0.717, 1.165) is 10.0 Å². The first-order valence-electron chi connectivity index (χ1n) is 5.63. The number of nitrogens with zero attached hydrogens (tertiary/aromatic N) is 1. The van der Waals surface area contributed by atoms with Crippen LogP contribution in [0.4, 0.5) is 10.5 Å². The van der Waals surface area contributed by atoms with Gasteiger partial charge in [0.1, 0.15) is 6.04 Å². The van der Waals surface area contributed by atoms with E-state index in [2.05, 4.69) is 21.2 Å². The Labute approximate surface area is 123 Å². The van der Waals surface area contributed by atoms with Crippen LogP contribution in [0.1, 0.15) is 5.56 Å². The molecule has 0 aliphatic carbocycles. The third-order valence-corrected chi connectivity index (χ3v) is 4.74. The van der Waals surface area contributed by atoms with E-state index in [1.165, 1.54) is 16.7 Å². The van der Waals surface area contributed by atoms with Crippen LogP contribution >= 0.6 is 27.7 Å². The summed E-state index contributed by atoms with van der Waals surface area (Å²) < 4.78 is 0.964. The summed E-state index contributed by atoms with van der Waals surface area (Å²) in [7, 11) is 0. The predicted octanol–water partition coefficient (Wildman–Crippen LogP) is 2.75. The molecule has 1 aromatic rings. The minimum absolute atomic E-state index is 0.376. The maximum atomic E-state index is 12.1.